The fourth-order valence-electron chi connectivity index (χ4n) is 4.42. The van der Waals surface area contributed by atoms with Crippen molar-refractivity contribution in [3.8, 4) is 6.07 Å². The van der Waals surface area contributed by atoms with Crippen molar-refractivity contribution in [2.45, 2.75) is 31.7 Å². The normalized spacial score (nSPS) is 19.7. The van der Waals surface area contributed by atoms with Gasteiger partial charge in [-0.15, -0.1) is 0 Å². The van der Waals surface area contributed by atoms with Gasteiger partial charge in [-0.2, -0.15) is 10.4 Å². The van der Waals surface area contributed by atoms with Crippen LogP contribution in [-0.2, 0) is 4.79 Å². The number of nitriles is 1. The van der Waals surface area contributed by atoms with Gasteiger partial charge in [-0.1, -0.05) is 18.2 Å². The number of hydrogen-bond acceptors (Lipinski definition) is 5. The molecule has 2 N–H and O–H groups in total. The van der Waals surface area contributed by atoms with Crippen LogP contribution in [0.2, 0.25) is 0 Å². The van der Waals surface area contributed by atoms with Crippen molar-refractivity contribution in [3.63, 3.8) is 0 Å². The van der Waals surface area contributed by atoms with Gasteiger partial charge >= 0.3 is 5.97 Å². The third kappa shape index (κ3) is 4.50. The second-order valence-corrected chi connectivity index (χ2v) is 8.03. The number of fused-ring (bicyclic) bond motifs is 1. The highest BCUT2D eigenvalue weighted by atomic mass is 16.4. The predicted molar refractivity (Wildman–Crippen MR) is 111 cm³/mol. The summed E-state index contributed by atoms with van der Waals surface area (Å²) in [5.41, 5.74) is 2.55. The van der Waals surface area contributed by atoms with Crippen LogP contribution >= 0.6 is 0 Å². The maximum Gasteiger partial charge on any atom is 0.317 e. The number of rotatable bonds is 5. The SMILES string of the molecule is N#Cc1nn(C2CCN(CC(=O)O)CC2)c2ccc(C=CC3CCNCC3)cc12. The van der Waals surface area contributed by atoms with Gasteiger partial charge in [0, 0.05) is 18.5 Å². The summed E-state index contributed by atoms with van der Waals surface area (Å²) < 4.78 is 1.98. The monoisotopic (exact) mass is 393 g/mol. The highest BCUT2D eigenvalue weighted by Gasteiger charge is 2.24. The minimum absolute atomic E-state index is 0.0861. The van der Waals surface area contributed by atoms with Gasteiger partial charge < -0.3 is 10.4 Å². The van der Waals surface area contributed by atoms with E-state index >= 15 is 0 Å². The Labute approximate surface area is 170 Å². The van der Waals surface area contributed by atoms with Crippen LogP contribution in [0.3, 0.4) is 0 Å². The number of hydrogen-bond donors (Lipinski definition) is 2. The summed E-state index contributed by atoms with van der Waals surface area (Å²) >= 11 is 0. The van der Waals surface area contributed by atoms with Crippen LogP contribution in [-0.4, -0.2) is 58.5 Å². The Hall–Kier alpha value is -2.69. The molecule has 0 atom stereocenters. The molecule has 2 aliphatic rings. The first-order chi connectivity index (χ1) is 14.1. The van der Waals surface area contributed by atoms with Crippen LogP contribution in [0.5, 0.6) is 0 Å². The lowest BCUT2D eigenvalue weighted by atomic mass is 9.96. The van der Waals surface area contributed by atoms with Crippen LogP contribution in [0.25, 0.3) is 17.0 Å². The number of carboxylic acids is 1. The molecule has 2 aliphatic heterocycles. The Bertz CT molecular complexity index is 944. The first-order valence-corrected chi connectivity index (χ1v) is 10.4. The van der Waals surface area contributed by atoms with Crippen LogP contribution in [0.1, 0.15) is 43.0 Å². The summed E-state index contributed by atoms with van der Waals surface area (Å²) in [4.78, 5) is 12.9. The average Bonchev–Trinajstić information content (AvgIpc) is 3.11. The van der Waals surface area contributed by atoms with E-state index in [1.54, 1.807) is 0 Å². The van der Waals surface area contributed by atoms with Crippen LogP contribution in [0, 0.1) is 17.2 Å². The van der Waals surface area contributed by atoms with Crippen LogP contribution in [0.15, 0.2) is 24.3 Å². The zero-order valence-electron chi connectivity index (χ0n) is 16.5. The molecule has 7 nitrogen and oxygen atoms in total. The summed E-state index contributed by atoms with van der Waals surface area (Å²) in [5.74, 6) is -0.175. The molecule has 2 fully saturated rings. The van der Waals surface area contributed by atoms with Crippen molar-refractivity contribution >= 4 is 22.9 Å². The molecule has 7 heteroatoms. The van der Waals surface area contributed by atoms with Crippen molar-refractivity contribution in [1.29, 1.82) is 5.26 Å². The van der Waals surface area contributed by atoms with Gasteiger partial charge in [0.15, 0.2) is 5.69 Å². The molecule has 0 radical (unpaired) electrons. The molecule has 1 aromatic carbocycles. The number of nitrogens with one attached hydrogen (secondary N) is 1. The lowest BCUT2D eigenvalue weighted by Gasteiger charge is -2.31. The molecule has 1 aromatic heterocycles. The van der Waals surface area contributed by atoms with E-state index in [4.69, 9.17) is 5.11 Å². The smallest absolute Gasteiger partial charge is 0.317 e. The summed E-state index contributed by atoms with van der Waals surface area (Å²) in [5, 5.41) is 27.4. The Morgan fingerprint density at radius 2 is 2.03 bits per heavy atom. The molecule has 0 amide bonds. The van der Waals surface area contributed by atoms with Gasteiger partial charge in [-0.25, -0.2) is 0 Å². The minimum Gasteiger partial charge on any atom is -0.480 e. The largest absolute Gasteiger partial charge is 0.480 e. The number of likely N-dealkylation sites (tertiary alicyclic amines) is 1. The zero-order chi connectivity index (χ0) is 20.2. The second kappa shape index (κ2) is 8.76. The first-order valence-electron chi connectivity index (χ1n) is 10.4. The van der Waals surface area contributed by atoms with E-state index < -0.39 is 5.97 Å². The summed E-state index contributed by atoms with van der Waals surface area (Å²) in [7, 11) is 0. The molecule has 2 saturated heterocycles. The predicted octanol–water partition coefficient (Wildman–Crippen LogP) is 2.64. The number of carbonyl (C=O) groups is 1. The zero-order valence-corrected chi connectivity index (χ0v) is 16.5. The Balaban J connectivity index is 1.53. The van der Waals surface area contributed by atoms with Crippen LogP contribution < -0.4 is 5.32 Å². The quantitative estimate of drug-likeness (QED) is 0.811. The average molecular weight is 393 g/mol. The highest BCUT2D eigenvalue weighted by molar-refractivity contribution is 5.86. The molecule has 0 bridgehead atoms. The van der Waals surface area contributed by atoms with E-state index in [9.17, 15) is 10.1 Å². The van der Waals surface area contributed by atoms with Crippen molar-refractivity contribution in [1.82, 2.24) is 20.0 Å². The highest BCUT2D eigenvalue weighted by Crippen LogP contribution is 2.29. The van der Waals surface area contributed by atoms with Crippen LogP contribution in [0.4, 0.5) is 0 Å². The first kappa shape index (κ1) is 19.6. The van der Waals surface area contributed by atoms with Gasteiger partial charge in [-0.3, -0.25) is 14.4 Å². The van der Waals surface area contributed by atoms with Gasteiger partial charge in [-0.05, 0) is 62.4 Å². The molecule has 0 aliphatic carbocycles. The number of aliphatic carboxylic acids is 1. The van der Waals surface area contributed by atoms with Crippen molar-refractivity contribution in [2.24, 2.45) is 5.92 Å². The number of benzene rings is 1. The lowest BCUT2D eigenvalue weighted by Crippen LogP contribution is -2.38. The number of aromatic nitrogens is 2. The summed E-state index contributed by atoms with van der Waals surface area (Å²) in [6, 6.07) is 8.66. The van der Waals surface area contributed by atoms with Gasteiger partial charge in [0.1, 0.15) is 6.07 Å². The standard InChI is InChI=1S/C22H27N5O2/c23-14-20-19-13-17(2-1-16-5-9-24-10-6-16)3-4-21(19)27(25-20)18-7-11-26(12-8-18)15-22(28)29/h1-4,13,16,18,24H,5-12,15H2,(H,28,29). The molecule has 4 rings (SSSR count). The van der Waals surface area contributed by atoms with Crippen molar-refractivity contribution in [3.05, 3.63) is 35.5 Å². The van der Waals surface area contributed by atoms with E-state index in [0.717, 1.165) is 55.5 Å². The Morgan fingerprint density at radius 1 is 1.28 bits per heavy atom. The fraction of sp³-hybridized carbons (Fsp3) is 0.500. The van der Waals surface area contributed by atoms with E-state index in [0.29, 0.717) is 11.6 Å². The molecule has 152 valence electrons. The van der Waals surface area contributed by atoms with E-state index in [1.165, 1.54) is 12.8 Å². The van der Waals surface area contributed by atoms with Gasteiger partial charge in [0.25, 0.3) is 0 Å². The van der Waals surface area contributed by atoms with E-state index in [2.05, 4.69) is 46.8 Å². The third-order valence-electron chi connectivity index (χ3n) is 6.04. The number of allylic oxidation sites excluding steroid dienone is 1. The molecule has 2 aromatic rings. The molecule has 0 saturated carbocycles. The number of nitrogens with zero attached hydrogens (tertiary/aromatic N) is 4. The van der Waals surface area contributed by atoms with Crippen molar-refractivity contribution < 1.29 is 9.90 Å². The molecule has 3 heterocycles. The Morgan fingerprint density at radius 3 is 2.72 bits per heavy atom. The Kier molecular flexibility index (Phi) is 5.93. The van der Waals surface area contributed by atoms with Gasteiger partial charge in [0.2, 0.25) is 0 Å². The number of piperidine rings is 2. The third-order valence-corrected chi connectivity index (χ3v) is 6.04. The van der Waals surface area contributed by atoms with Gasteiger partial charge in [0.05, 0.1) is 18.1 Å². The minimum atomic E-state index is -0.787. The molecule has 29 heavy (non-hydrogen) atoms. The molecular weight excluding hydrogens is 366 g/mol. The van der Waals surface area contributed by atoms with Crippen molar-refractivity contribution in [2.75, 3.05) is 32.7 Å². The maximum absolute atomic E-state index is 10.9. The van der Waals surface area contributed by atoms with E-state index in [-0.39, 0.29) is 12.6 Å². The summed E-state index contributed by atoms with van der Waals surface area (Å²) in [6.07, 6.45) is 8.47. The lowest BCUT2D eigenvalue weighted by molar-refractivity contribution is -0.138. The summed E-state index contributed by atoms with van der Waals surface area (Å²) in [6.45, 7) is 3.70. The topological polar surface area (TPSA) is 94.2 Å². The molecule has 0 unspecified atom stereocenters. The van der Waals surface area contributed by atoms with E-state index in [1.807, 2.05) is 9.58 Å². The second-order valence-electron chi connectivity index (χ2n) is 8.03. The fourth-order valence-corrected chi connectivity index (χ4v) is 4.42. The number of carboxylic acid groups (broad SMARTS) is 1. The molecular formula is C22H27N5O2. The molecule has 0 spiro atoms. The maximum atomic E-state index is 10.9.